The fraction of sp³-hybridized carbons (Fsp3) is 0.357. The van der Waals surface area contributed by atoms with Crippen LogP contribution in [-0.2, 0) is 4.79 Å². The van der Waals surface area contributed by atoms with Crippen LogP contribution in [0, 0.1) is 6.92 Å². The second kappa shape index (κ2) is 5.33. The number of β-amino-alcohol motifs (C(OH)–C–C–N with tert-alkyl or cyclic N) is 2. The first-order chi connectivity index (χ1) is 8.56. The predicted molar refractivity (Wildman–Crippen MR) is 68.8 cm³/mol. The Bertz CT molecular complexity index is 443. The molecule has 0 spiro atoms. The van der Waals surface area contributed by atoms with Crippen LogP contribution >= 0.6 is 0 Å². The molecular weight excluding hydrogens is 230 g/mol. The van der Waals surface area contributed by atoms with Gasteiger partial charge in [-0.05, 0) is 18.6 Å². The van der Waals surface area contributed by atoms with Gasteiger partial charge in [-0.15, -0.1) is 0 Å². The summed E-state index contributed by atoms with van der Waals surface area (Å²) in [5, 5.41) is 18.7. The summed E-state index contributed by atoms with van der Waals surface area (Å²) in [7, 11) is 0. The topological polar surface area (TPSA) is 60.8 Å². The van der Waals surface area contributed by atoms with Crippen LogP contribution in [0.15, 0.2) is 30.3 Å². The first kappa shape index (κ1) is 12.8. The van der Waals surface area contributed by atoms with E-state index in [1.54, 1.807) is 6.08 Å². The number of aryl methyl sites for hydroxylation is 1. The van der Waals surface area contributed by atoms with Gasteiger partial charge in [0.05, 0.1) is 12.2 Å². The summed E-state index contributed by atoms with van der Waals surface area (Å²) in [6.45, 7) is 2.39. The molecule has 0 radical (unpaired) electrons. The van der Waals surface area contributed by atoms with Gasteiger partial charge in [0, 0.05) is 19.2 Å². The number of carbonyl (C=O) groups is 1. The Kier molecular flexibility index (Phi) is 3.79. The molecule has 4 nitrogen and oxygen atoms in total. The highest BCUT2D eigenvalue weighted by molar-refractivity contribution is 5.92. The highest BCUT2D eigenvalue weighted by Crippen LogP contribution is 2.11. The maximum absolute atomic E-state index is 11.8. The van der Waals surface area contributed by atoms with Crippen molar-refractivity contribution < 1.29 is 15.0 Å². The molecule has 1 aliphatic rings. The quantitative estimate of drug-likeness (QED) is 0.751. The summed E-state index contributed by atoms with van der Waals surface area (Å²) < 4.78 is 0. The third kappa shape index (κ3) is 2.97. The smallest absolute Gasteiger partial charge is 0.246 e. The third-order valence-electron chi connectivity index (χ3n) is 3.07. The van der Waals surface area contributed by atoms with Crippen molar-refractivity contribution in [3.8, 4) is 0 Å². The van der Waals surface area contributed by atoms with E-state index in [1.807, 2.05) is 31.2 Å². The molecule has 1 amide bonds. The zero-order valence-electron chi connectivity index (χ0n) is 10.3. The molecule has 1 saturated heterocycles. The lowest BCUT2D eigenvalue weighted by atomic mass is 10.1. The molecule has 2 N–H and O–H groups in total. The van der Waals surface area contributed by atoms with E-state index in [1.165, 1.54) is 16.5 Å². The average molecular weight is 247 g/mol. The van der Waals surface area contributed by atoms with Crippen LogP contribution in [0.4, 0.5) is 0 Å². The number of hydrogen-bond acceptors (Lipinski definition) is 3. The minimum absolute atomic E-state index is 0.189. The number of hydrogen-bond donors (Lipinski definition) is 2. The molecule has 0 aliphatic carbocycles. The monoisotopic (exact) mass is 247 g/mol. The van der Waals surface area contributed by atoms with Crippen molar-refractivity contribution in [1.82, 2.24) is 4.90 Å². The molecule has 2 rings (SSSR count). The Balaban J connectivity index is 1.97. The molecule has 0 aromatic heterocycles. The fourth-order valence-corrected chi connectivity index (χ4v) is 1.90. The van der Waals surface area contributed by atoms with Crippen molar-refractivity contribution in [2.24, 2.45) is 0 Å². The molecule has 96 valence electrons. The van der Waals surface area contributed by atoms with Gasteiger partial charge in [0.15, 0.2) is 0 Å². The van der Waals surface area contributed by atoms with Gasteiger partial charge >= 0.3 is 0 Å². The maximum atomic E-state index is 11.8. The van der Waals surface area contributed by atoms with E-state index in [4.69, 9.17) is 0 Å². The van der Waals surface area contributed by atoms with E-state index in [-0.39, 0.29) is 19.0 Å². The molecular formula is C14H17NO3. The molecule has 1 aromatic carbocycles. The van der Waals surface area contributed by atoms with Crippen molar-refractivity contribution >= 4 is 12.0 Å². The van der Waals surface area contributed by atoms with E-state index >= 15 is 0 Å². The predicted octanol–water partition coefficient (Wildman–Crippen LogP) is 0.572. The summed E-state index contributed by atoms with van der Waals surface area (Å²) >= 11 is 0. The number of nitrogens with zero attached hydrogens (tertiary/aromatic N) is 1. The molecule has 2 unspecified atom stereocenters. The summed E-state index contributed by atoms with van der Waals surface area (Å²) in [4.78, 5) is 13.2. The Labute approximate surface area is 106 Å². The SMILES string of the molecule is Cc1ccc(/C=C/C(=O)N2CC(O)C(O)C2)cc1. The van der Waals surface area contributed by atoms with Crippen LogP contribution in [0.25, 0.3) is 6.08 Å². The number of rotatable bonds is 2. The van der Waals surface area contributed by atoms with Gasteiger partial charge in [0.1, 0.15) is 0 Å². The Morgan fingerprint density at radius 2 is 1.78 bits per heavy atom. The van der Waals surface area contributed by atoms with Crippen LogP contribution < -0.4 is 0 Å². The zero-order chi connectivity index (χ0) is 13.1. The van der Waals surface area contributed by atoms with Gasteiger partial charge in [-0.25, -0.2) is 0 Å². The Morgan fingerprint density at radius 3 is 2.33 bits per heavy atom. The van der Waals surface area contributed by atoms with Crippen molar-refractivity contribution in [1.29, 1.82) is 0 Å². The number of aliphatic hydroxyl groups is 2. The standard InChI is InChI=1S/C14H17NO3/c1-10-2-4-11(5-3-10)6-7-14(18)15-8-12(16)13(17)9-15/h2-7,12-13,16-17H,8-9H2,1H3/b7-6+. The molecule has 0 bridgehead atoms. The van der Waals surface area contributed by atoms with E-state index in [0.29, 0.717) is 0 Å². The van der Waals surface area contributed by atoms with E-state index in [2.05, 4.69) is 0 Å². The molecule has 0 saturated carbocycles. The van der Waals surface area contributed by atoms with Gasteiger partial charge in [0.2, 0.25) is 5.91 Å². The lowest BCUT2D eigenvalue weighted by molar-refractivity contribution is -0.125. The number of benzene rings is 1. The lowest BCUT2D eigenvalue weighted by Crippen LogP contribution is -2.27. The van der Waals surface area contributed by atoms with Gasteiger partial charge in [-0.1, -0.05) is 29.8 Å². The van der Waals surface area contributed by atoms with Crippen LogP contribution in [0.1, 0.15) is 11.1 Å². The molecule has 18 heavy (non-hydrogen) atoms. The fourth-order valence-electron chi connectivity index (χ4n) is 1.90. The van der Waals surface area contributed by atoms with E-state index < -0.39 is 12.2 Å². The minimum atomic E-state index is -0.832. The number of amides is 1. The van der Waals surface area contributed by atoms with E-state index in [0.717, 1.165) is 5.56 Å². The summed E-state index contributed by atoms with van der Waals surface area (Å²) in [6.07, 6.45) is 1.54. The Morgan fingerprint density at radius 1 is 1.22 bits per heavy atom. The van der Waals surface area contributed by atoms with Crippen LogP contribution in [0.3, 0.4) is 0 Å². The zero-order valence-corrected chi connectivity index (χ0v) is 10.3. The van der Waals surface area contributed by atoms with Gasteiger partial charge in [0.25, 0.3) is 0 Å². The molecule has 1 fully saturated rings. The summed E-state index contributed by atoms with van der Waals surface area (Å²) in [5.41, 5.74) is 2.12. The minimum Gasteiger partial charge on any atom is -0.388 e. The lowest BCUT2D eigenvalue weighted by Gasteiger charge is -2.11. The number of likely N-dealkylation sites (tertiary alicyclic amines) is 1. The largest absolute Gasteiger partial charge is 0.388 e. The van der Waals surface area contributed by atoms with Crippen LogP contribution in [-0.4, -0.2) is 46.3 Å². The van der Waals surface area contributed by atoms with Crippen LogP contribution in [0.5, 0.6) is 0 Å². The second-order valence-electron chi connectivity index (χ2n) is 4.62. The average Bonchev–Trinajstić information content (AvgIpc) is 2.69. The molecule has 2 atom stereocenters. The molecule has 1 heterocycles. The maximum Gasteiger partial charge on any atom is 0.246 e. The van der Waals surface area contributed by atoms with Crippen molar-refractivity contribution in [3.63, 3.8) is 0 Å². The van der Waals surface area contributed by atoms with E-state index in [9.17, 15) is 15.0 Å². The number of aliphatic hydroxyl groups excluding tert-OH is 2. The van der Waals surface area contributed by atoms with Crippen LogP contribution in [0.2, 0.25) is 0 Å². The molecule has 1 aliphatic heterocycles. The Hall–Kier alpha value is -1.65. The molecule has 4 heteroatoms. The summed E-state index contributed by atoms with van der Waals surface area (Å²) in [5.74, 6) is -0.189. The van der Waals surface area contributed by atoms with Crippen molar-refractivity contribution in [2.75, 3.05) is 13.1 Å². The van der Waals surface area contributed by atoms with Crippen molar-refractivity contribution in [3.05, 3.63) is 41.5 Å². The highest BCUT2D eigenvalue weighted by Gasteiger charge is 2.31. The number of carbonyl (C=O) groups excluding carboxylic acids is 1. The van der Waals surface area contributed by atoms with Gasteiger partial charge in [-0.3, -0.25) is 4.79 Å². The first-order valence-electron chi connectivity index (χ1n) is 5.96. The van der Waals surface area contributed by atoms with Gasteiger partial charge in [-0.2, -0.15) is 0 Å². The first-order valence-corrected chi connectivity index (χ1v) is 5.96. The highest BCUT2D eigenvalue weighted by atomic mass is 16.3. The molecule has 1 aromatic rings. The normalized spacial score (nSPS) is 23.8. The summed E-state index contributed by atoms with van der Waals surface area (Å²) in [6, 6.07) is 7.83. The van der Waals surface area contributed by atoms with Gasteiger partial charge < -0.3 is 15.1 Å². The third-order valence-corrected chi connectivity index (χ3v) is 3.07. The van der Waals surface area contributed by atoms with Crippen molar-refractivity contribution in [2.45, 2.75) is 19.1 Å². The second-order valence-corrected chi connectivity index (χ2v) is 4.62.